The van der Waals surface area contributed by atoms with E-state index < -0.39 is 0 Å². The van der Waals surface area contributed by atoms with E-state index in [-0.39, 0.29) is 12.7 Å². The topological polar surface area (TPSA) is 45.6 Å². The molecular weight excluding hydrogens is 296 g/mol. The fourth-order valence-corrected chi connectivity index (χ4v) is 2.76. The van der Waals surface area contributed by atoms with Gasteiger partial charge < -0.3 is 14.7 Å². The minimum Gasteiger partial charge on any atom is -0.392 e. The molecule has 18 heavy (non-hydrogen) atoms. The zero-order valence-electron chi connectivity index (χ0n) is 10.6. The van der Waals surface area contributed by atoms with E-state index in [1.807, 2.05) is 13.0 Å². The summed E-state index contributed by atoms with van der Waals surface area (Å²) in [5.74, 6) is 0.880. The summed E-state index contributed by atoms with van der Waals surface area (Å²) in [6.07, 6.45) is 4.27. The molecule has 0 radical (unpaired) electrons. The van der Waals surface area contributed by atoms with Gasteiger partial charge in [-0.2, -0.15) is 0 Å². The molecule has 1 fully saturated rings. The Morgan fingerprint density at radius 3 is 3.17 bits per heavy atom. The van der Waals surface area contributed by atoms with Gasteiger partial charge in [0, 0.05) is 35.9 Å². The van der Waals surface area contributed by atoms with Crippen LogP contribution in [0.25, 0.3) is 0 Å². The highest BCUT2D eigenvalue weighted by Crippen LogP contribution is 2.25. The summed E-state index contributed by atoms with van der Waals surface area (Å²) in [6.45, 7) is 4.62. The molecule has 2 rings (SSSR count). The Morgan fingerprint density at radius 1 is 1.61 bits per heavy atom. The number of ether oxygens (including phenoxy) is 1. The van der Waals surface area contributed by atoms with Crippen LogP contribution in [0.2, 0.25) is 0 Å². The zero-order valence-corrected chi connectivity index (χ0v) is 12.2. The summed E-state index contributed by atoms with van der Waals surface area (Å²) >= 11 is 3.38. The third-order valence-electron chi connectivity index (χ3n) is 3.16. The van der Waals surface area contributed by atoms with Crippen molar-refractivity contribution in [1.29, 1.82) is 0 Å². The van der Waals surface area contributed by atoms with Crippen LogP contribution in [-0.4, -0.2) is 35.9 Å². The van der Waals surface area contributed by atoms with Crippen molar-refractivity contribution >= 4 is 21.7 Å². The molecule has 0 saturated carbocycles. The SMILES string of the molecule is CCOC1CCCN(c2ncc(Br)cc2CO)C1. The minimum atomic E-state index is 0.0115. The average Bonchev–Trinajstić information content (AvgIpc) is 2.39. The number of aliphatic hydroxyl groups is 1. The quantitative estimate of drug-likeness (QED) is 0.926. The first-order valence-electron chi connectivity index (χ1n) is 6.36. The van der Waals surface area contributed by atoms with Gasteiger partial charge in [0.25, 0.3) is 0 Å². The molecule has 1 aliphatic heterocycles. The second-order valence-electron chi connectivity index (χ2n) is 4.46. The number of rotatable bonds is 4. The number of pyridine rings is 1. The maximum atomic E-state index is 9.42. The molecule has 0 spiro atoms. The summed E-state index contributed by atoms with van der Waals surface area (Å²) in [6, 6.07) is 1.92. The molecule has 1 saturated heterocycles. The van der Waals surface area contributed by atoms with Gasteiger partial charge in [-0.25, -0.2) is 4.98 Å². The van der Waals surface area contributed by atoms with Crippen molar-refractivity contribution in [2.45, 2.75) is 32.5 Å². The molecule has 0 bridgehead atoms. The first-order chi connectivity index (χ1) is 8.74. The highest BCUT2D eigenvalue weighted by Gasteiger charge is 2.22. The van der Waals surface area contributed by atoms with Gasteiger partial charge in [0.1, 0.15) is 5.82 Å². The lowest BCUT2D eigenvalue weighted by Gasteiger charge is -2.34. The minimum absolute atomic E-state index is 0.0115. The molecule has 1 N–H and O–H groups in total. The Hall–Kier alpha value is -0.650. The van der Waals surface area contributed by atoms with E-state index in [1.54, 1.807) is 6.20 Å². The lowest BCUT2D eigenvalue weighted by Crippen LogP contribution is -2.40. The number of hydrogen-bond donors (Lipinski definition) is 1. The van der Waals surface area contributed by atoms with Gasteiger partial charge in [0.2, 0.25) is 0 Å². The predicted molar refractivity (Wildman–Crippen MR) is 74.7 cm³/mol. The van der Waals surface area contributed by atoms with Gasteiger partial charge >= 0.3 is 0 Å². The Labute approximate surface area is 116 Å². The van der Waals surface area contributed by atoms with Crippen LogP contribution < -0.4 is 4.90 Å². The van der Waals surface area contributed by atoms with Crippen LogP contribution >= 0.6 is 15.9 Å². The van der Waals surface area contributed by atoms with Gasteiger partial charge in [-0.15, -0.1) is 0 Å². The summed E-state index contributed by atoms with van der Waals surface area (Å²) in [7, 11) is 0. The fourth-order valence-electron chi connectivity index (χ4n) is 2.38. The molecule has 1 atom stereocenters. The van der Waals surface area contributed by atoms with Crippen molar-refractivity contribution in [3.05, 3.63) is 22.3 Å². The second-order valence-corrected chi connectivity index (χ2v) is 5.38. The monoisotopic (exact) mass is 314 g/mol. The third-order valence-corrected chi connectivity index (χ3v) is 3.59. The van der Waals surface area contributed by atoms with Crippen LogP contribution in [-0.2, 0) is 11.3 Å². The van der Waals surface area contributed by atoms with Crippen molar-refractivity contribution in [3.63, 3.8) is 0 Å². The number of hydrogen-bond acceptors (Lipinski definition) is 4. The van der Waals surface area contributed by atoms with Crippen molar-refractivity contribution < 1.29 is 9.84 Å². The van der Waals surface area contributed by atoms with Crippen molar-refractivity contribution in [3.8, 4) is 0 Å². The average molecular weight is 315 g/mol. The van der Waals surface area contributed by atoms with E-state index >= 15 is 0 Å². The van der Waals surface area contributed by atoms with Gasteiger partial charge in [0.15, 0.2) is 0 Å². The summed E-state index contributed by atoms with van der Waals surface area (Å²) in [4.78, 5) is 6.64. The smallest absolute Gasteiger partial charge is 0.134 e. The zero-order chi connectivity index (χ0) is 13.0. The molecule has 1 unspecified atom stereocenters. The molecule has 0 aliphatic carbocycles. The first kappa shape index (κ1) is 13.8. The Balaban J connectivity index is 2.15. The molecule has 1 aromatic rings. The maximum Gasteiger partial charge on any atom is 0.134 e. The summed E-state index contributed by atoms with van der Waals surface area (Å²) in [5, 5.41) is 9.42. The van der Waals surface area contributed by atoms with Crippen LogP contribution in [0.4, 0.5) is 5.82 Å². The number of aromatic nitrogens is 1. The van der Waals surface area contributed by atoms with Crippen molar-refractivity contribution in [2.24, 2.45) is 0 Å². The van der Waals surface area contributed by atoms with Crippen LogP contribution in [0.3, 0.4) is 0 Å². The Morgan fingerprint density at radius 2 is 2.44 bits per heavy atom. The molecule has 1 aromatic heterocycles. The number of aliphatic hydroxyl groups excluding tert-OH is 1. The van der Waals surface area contributed by atoms with Gasteiger partial charge in [-0.3, -0.25) is 0 Å². The number of anilines is 1. The third kappa shape index (κ3) is 3.22. The first-order valence-corrected chi connectivity index (χ1v) is 7.15. The standard InChI is InChI=1S/C13H19BrN2O2/c1-2-18-12-4-3-5-16(8-12)13-10(9-17)6-11(14)7-15-13/h6-7,12,17H,2-5,8-9H2,1H3. The Kier molecular flexibility index (Phi) is 4.97. The number of halogens is 1. The predicted octanol–water partition coefficient (Wildman–Crippen LogP) is 2.34. The molecular formula is C13H19BrN2O2. The maximum absolute atomic E-state index is 9.42. The summed E-state index contributed by atoms with van der Waals surface area (Å²) < 4.78 is 6.59. The van der Waals surface area contributed by atoms with E-state index in [9.17, 15) is 5.11 Å². The summed E-state index contributed by atoms with van der Waals surface area (Å²) in [5.41, 5.74) is 0.863. The lowest BCUT2D eigenvalue weighted by molar-refractivity contribution is 0.0524. The van der Waals surface area contributed by atoms with Gasteiger partial charge in [-0.1, -0.05) is 0 Å². The molecule has 100 valence electrons. The fraction of sp³-hybridized carbons (Fsp3) is 0.615. The van der Waals surface area contributed by atoms with Crippen LogP contribution in [0.1, 0.15) is 25.3 Å². The van der Waals surface area contributed by atoms with Crippen LogP contribution in [0, 0.1) is 0 Å². The van der Waals surface area contributed by atoms with E-state index in [0.29, 0.717) is 0 Å². The van der Waals surface area contributed by atoms with E-state index in [0.717, 1.165) is 48.4 Å². The van der Waals surface area contributed by atoms with Crippen molar-refractivity contribution in [2.75, 3.05) is 24.6 Å². The molecule has 0 amide bonds. The second kappa shape index (κ2) is 6.50. The molecule has 4 nitrogen and oxygen atoms in total. The van der Waals surface area contributed by atoms with E-state index in [2.05, 4.69) is 25.8 Å². The molecule has 0 aromatic carbocycles. The molecule has 1 aliphatic rings. The van der Waals surface area contributed by atoms with Crippen LogP contribution in [0.15, 0.2) is 16.7 Å². The largest absolute Gasteiger partial charge is 0.392 e. The number of nitrogens with zero attached hydrogens (tertiary/aromatic N) is 2. The highest BCUT2D eigenvalue weighted by molar-refractivity contribution is 9.10. The van der Waals surface area contributed by atoms with Crippen LogP contribution in [0.5, 0.6) is 0 Å². The van der Waals surface area contributed by atoms with E-state index in [1.165, 1.54) is 0 Å². The highest BCUT2D eigenvalue weighted by atomic mass is 79.9. The lowest BCUT2D eigenvalue weighted by atomic mass is 10.1. The van der Waals surface area contributed by atoms with Gasteiger partial charge in [-0.05, 0) is 41.8 Å². The Bertz CT molecular complexity index is 399. The molecule has 2 heterocycles. The van der Waals surface area contributed by atoms with Crippen molar-refractivity contribution in [1.82, 2.24) is 4.98 Å². The van der Waals surface area contributed by atoms with Gasteiger partial charge in [0.05, 0.1) is 12.7 Å². The number of piperidine rings is 1. The van der Waals surface area contributed by atoms with E-state index in [4.69, 9.17) is 4.74 Å². The normalized spacial score (nSPS) is 20.2. The molecule has 5 heteroatoms.